The second-order valence-electron chi connectivity index (χ2n) is 9.04. The van der Waals surface area contributed by atoms with Gasteiger partial charge in [-0.25, -0.2) is 9.37 Å². The molecule has 1 atom stereocenters. The minimum absolute atomic E-state index is 0.0113. The fourth-order valence-electron chi connectivity index (χ4n) is 4.37. The third-order valence-corrected chi connectivity index (χ3v) is 6.36. The Morgan fingerprint density at radius 2 is 1.91 bits per heavy atom. The number of hydrogen-bond donors (Lipinski definition) is 3. The largest absolute Gasteiger partial charge is 0.397 e. The normalized spacial score (nSPS) is 16.0. The van der Waals surface area contributed by atoms with Gasteiger partial charge in [0.05, 0.1) is 24.1 Å². The number of halogens is 1. The van der Waals surface area contributed by atoms with Crippen LogP contribution in [0.3, 0.4) is 0 Å². The first-order valence-corrected chi connectivity index (χ1v) is 11.3. The SMILES string of the molecule is Cc1c(N)cncc1-c1cc2cc(Nc3cc4n(n3)CC(=O)N(C(C)C)C[C@@H]4O)ncc2cc1F. The van der Waals surface area contributed by atoms with Gasteiger partial charge in [0.2, 0.25) is 5.91 Å². The van der Waals surface area contributed by atoms with Crippen LogP contribution in [0.5, 0.6) is 0 Å². The van der Waals surface area contributed by atoms with E-state index in [0.717, 1.165) is 10.9 Å². The Hall–Kier alpha value is -4.05. The van der Waals surface area contributed by atoms with Crippen molar-refractivity contribution in [1.82, 2.24) is 24.6 Å². The zero-order valence-corrected chi connectivity index (χ0v) is 19.7. The summed E-state index contributed by atoms with van der Waals surface area (Å²) in [4.78, 5) is 22.7. The van der Waals surface area contributed by atoms with Gasteiger partial charge in [-0.1, -0.05) is 0 Å². The molecule has 4 N–H and O–H groups in total. The summed E-state index contributed by atoms with van der Waals surface area (Å²) in [6, 6.07) is 6.67. The maximum Gasteiger partial charge on any atom is 0.244 e. The Morgan fingerprint density at radius 1 is 1.11 bits per heavy atom. The van der Waals surface area contributed by atoms with Gasteiger partial charge in [-0.05, 0) is 49.9 Å². The zero-order chi connectivity index (χ0) is 24.9. The van der Waals surface area contributed by atoms with Crippen molar-refractivity contribution in [2.45, 2.75) is 39.5 Å². The van der Waals surface area contributed by atoms with Crippen molar-refractivity contribution in [3.63, 3.8) is 0 Å². The molecule has 10 heteroatoms. The number of benzene rings is 1. The lowest BCUT2D eigenvalue weighted by molar-refractivity contribution is -0.134. The fraction of sp³-hybridized carbons (Fsp3) is 0.280. The van der Waals surface area contributed by atoms with Crippen molar-refractivity contribution in [1.29, 1.82) is 0 Å². The van der Waals surface area contributed by atoms with Crippen molar-refractivity contribution in [2.75, 3.05) is 17.6 Å². The number of pyridine rings is 2. The number of nitrogen functional groups attached to an aromatic ring is 1. The minimum atomic E-state index is -0.850. The highest BCUT2D eigenvalue weighted by atomic mass is 19.1. The molecule has 0 unspecified atom stereocenters. The van der Waals surface area contributed by atoms with Gasteiger partial charge in [-0.15, -0.1) is 0 Å². The van der Waals surface area contributed by atoms with Crippen molar-refractivity contribution >= 4 is 34.0 Å². The van der Waals surface area contributed by atoms with Crippen LogP contribution in [0, 0.1) is 12.7 Å². The molecule has 0 spiro atoms. The van der Waals surface area contributed by atoms with E-state index in [1.54, 1.807) is 41.7 Å². The molecule has 0 fully saturated rings. The number of anilines is 3. The molecule has 1 aromatic carbocycles. The van der Waals surface area contributed by atoms with Gasteiger partial charge in [0.25, 0.3) is 0 Å². The molecule has 1 aliphatic heterocycles. The average molecular weight is 476 g/mol. The van der Waals surface area contributed by atoms with E-state index < -0.39 is 6.10 Å². The number of carbonyl (C=O) groups excluding carboxylic acids is 1. The predicted octanol–water partition coefficient (Wildman–Crippen LogP) is 3.55. The van der Waals surface area contributed by atoms with Crippen LogP contribution in [0.15, 0.2) is 42.9 Å². The smallest absolute Gasteiger partial charge is 0.244 e. The number of aliphatic hydroxyl groups is 1. The van der Waals surface area contributed by atoms with Crippen molar-refractivity contribution in [2.24, 2.45) is 0 Å². The van der Waals surface area contributed by atoms with E-state index in [2.05, 4.69) is 20.4 Å². The van der Waals surface area contributed by atoms with Crippen LogP contribution in [0.1, 0.15) is 31.2 Å². The molecule has 1 amide bonds. The summed E-state index contributed by atoms with van der Waals surface area (Å²) in [6.45, 7) is 5.92. The van der Waals surface area contributed by atoms with Gasteiger partial charge < -0.3 is 21.1 Å². The number of β-amino-alcohol motifs (C(OH)–C–C–N with tert-alkyl or cyclic N) is 1. The summed E-state index contributed by atoms with van der Waals surface area (Å²) in [6.07, 6.45) is 3.87. The van der Waals surface area contributed by atoms with E-state index >= 15 is 0 Å². The molecule has 0 saturated carbocycles. The molecule has 1 aliphatic rings. The summed E-state index contributed by atoms with van der Waals surface area (Å²) in [7, 11) is 0. The molecule has 0 radical (unpaired) electrons. The fourth-order valence-corrected chi connectivity index (χ4v) is 4.37. The number of fused-ring (bicyclic) bond motifs is 2. The second kappa shape index (κ2) is 8.62. The number of nitrogens with zero attached hydrogens (tertiary/aromatic N) is 5. The van der Waals surface area contributed by atoms with Crippen molar-refractivity contribution < 1.29 is 14.3 Å². The lowest BCUT2D eigenvalue weighted by atomic mass is 9.99. The Kier molecular flexibility index (Phi) is 5.60. The molecule has 0 saturated heterocycles. The molecule has 180 valence electrons. The third-order valence-electron chi connectivity index (χ3n) is 6.36. The summed E-state index contributed by atoms with van der Waals surface area (Å²) < 4.78 is 16.4. The van der Waals surface area contributed by atoms with E-state index in [9.17, 15) is 14.3 Å². The number of aliphatic hydroxyl groups excluding tert-OH is 1. The van der Waals surface area contributed by atoms with Crippen LogP contribution in [0.25, 0.3) is 21.9 Å². The molecule has 4 aromatic rings. The first-order chi connectivity index (χ1) is 16.7. The highest BCUT2D eigenvalue weighted by Crippen LogP contribution is 2.32. The topological polar surface area (TPSA) is 122 Å². The Labute approximate surface area is 201 Å². The minimum Gasteiger partial charge on any atom is -0.397 e. The molecule has 9 nitrogen and oxygen atoms in total. The number of nitrogens with two attached hydrogens (primary N) is 1. The third kappa shape index (κ3) is 4.17. The first kappa shape index (κ1) is 22.7. The maximum atomic E-state index is 14.9. The molecule has 0 bridgehead atoms. The number of hydrogen-bond acceptors (Lipinski definition) is 7. The Morgan fingerprint density at radius 3 is 2.69 bits per heavy atom. The number of carbonyl (C=O) groups is 1. The van der Waals surface area contributed by atoms with Gasteiger partial charge in [0.15, 0.2) is 5.82 Å². The van der Waals surface area contributed by atoms with Crippen molar-refractivity contribution in [3.05, 3.63) is 59.9 Å². The van der Waals surface area contributed by atoms with E-state index in [1.165, 1.54) is 10.7 Å². The van der Waals surface area contributed by atoms with E-state index in [0.29, 0.717) is 39.5 Å². The van der Waals surface area contributed by atoms with E-state index in [1.807, 2.05) is 20.8 Å². The molecule has 4 heterocycles. The van der Waals surface area contributed by atoms with Gasteiger partial charge in [0.1, 0.15) is 24.3 Å². The number of nitrogens with one attached hydrogen (secondary N) is 1. The number of amides is 1. The Balaban J connectivity index is 1.46. The maximum absolute atomic E-state index is 14.9. The second-order valence-corrected chi connectivity index (χ2v) is 9.04. The molecule has 3 aromatic heterocycles. The standard InChI is InChI=1S/C25H26FN7O2/c1-13(2)32-11-22(34)21-7-24(31-33(21)12-25(32)35)30-23-6-15-4-17(19(26)5-16(15)8-29-23)18-9-28-10-20(27)14(18)3/h4-10,13,22,34H,11-12,27H2,1-3H3,(H,29,30,31)/t22-/m0/s1. The monoisotopic (exact) mass is 475 g/mol. The van der Waals surface area contributed by atoms with E-state index in [-0.39, 0.29) is 30.9 Å². The Bertz CT molecular complexity index is 1450. The van der Waals surface area contributed by atoms with Gasteiger partial charge in [-0.3, -0.25) is 14.5 Å². The summed E-state index contributed by atoms with van der Waals surface area (Å²) >= 11 is 0. The van der Waals surface area contributed by atoms with Crippen LogP contribution in [0.2, 0.25) is 0 Å². The van der Waals surface area contributed by atoms with Crippen LogP contribution < -0.4 is 11.1 Å². The summed E-state index contributed by atoms with van der Waals surface area (Å²) in [5.41, 5.74) is 8.80. The van der Waals surface area contributed by atoms with Gasteiger partial charge >= 0.3 is 0 Å². The lowest BCUT2D eigenvalue weighted by Gasteiger charge is -2.26. The molecular weight excluding hydrogens is 449 g/mol. The summed E-state index contributed by atoms with van der Waals surface area (Å²) in [5.74, 6) is 0.463. The molecule has 5 rings (SSSR count). The highest BCUT2D eigenvalue weighted by Gasteiger charge is 2.29. The predicted molar refractivity (Wildman–Crippen MR) is 131 cm³/mol. The average Bonchev–Trinajstić information content (AvgIpc) is 3.15. The zero-order valence-electron chi connectivity index (χ0n) is 19.7. The number of aromatic nitrogens is 4. The van der Waals surface area contributed by atoms with Crippen LogP contribution in [0.4, 0.5) is 21.7 Å². The molecule has 0 aliphatic carbocycles. The molecular formula is C25H26FN7O2. The van der Waals surface area contributed by atoms with Crippen molar-refractivity contribution in [3.8, 4) is 11.1 Å². The first-order valence-electron chi connectivity index (χ1n) is 11.3. The van der Waals surface area contributed by atoms with Crippen LogP contribution in [-0.2, 0) is 11.3 Å². The van der Waals surface area contributed by atoms with Crippen LogP contribution in [-0.4, -0.2) is 48.2 Å². The lowest BCUT2D eigenvalue weighted by Crippen LogP contribution is -2.39. The van der Waals surface area contributed by atoms with Crippen LogP contribution >= 0.6 is 0 Å². The summed E-state index contributed by atoms with van der Waals surface area (Å²) in [5, 5.41) is 19.7. The number of rotatable bonds is 4. The quantitative estimate of drug-likeness (QED) is 0.413. The van der Waals surface area contributed by atoms with Gasteiger partial charge in [0, 0.05) is 41.0 Å². The molecule has 35 heavy (non-hydrogen) atoms. The van der Waals surface area contributed by atoms with E-state index in [4.69, 9.17) is 5.73 Å². The van der Waals surface area contributed by atoms with Gasteiger partial charge in [-0.2, -0.15) is 5.10 Å². The highest BCUT2D eigenvalue weighted by molar-refractivity contribution is 5.90.